The molecular weight excluding hydrogens is 440 g/mol. The number of methoxy groups -OCH3 is 3. The number of aryl methyl sites for hydroxylation is 1. The van der Waals surface area contributed by atoms with Gasteiger partial charge in [-0.05, 0) is 62.2 Å². The smallest absolute Gasteiger partial charge is 0.258 e. The van der Waals surface area contributed by atoms with E-state index in [9.17, 15) is 4.79 Å². The molecule has 0 radical (unpaired) electrons. The summed E-state index contributed by atoms with van der Waals surface area (Å²) in [5, 5.41) is 0. The van der Waals surface area contributed by atoms with Crippen LogP contribution in [0.4, 0.5) is 5.69 Å². The van der Waals surface area contributed by atoms with E-state index in [1.54, 1.807) is 21.3 Å². The summed E-state index contributed by atoms with van der Waals surface area (Å²) < 4.78 is 16.4. The van der Waals surface area contributed by atoms with Crippen molar-refractivity contribution in [3.8, 4) is 17.2 Å². The minimum atomic E-state index is 0.0196. The molecule has 3 aromatic carbocycles. The third kappa shape index (κ3) is 5.77. The van der Waals surface area contributed by atoms with Crippen molar-refractivity contribution in [1.29, 1.82) is 0 Å². The van der Waals surface area contributed by atoms with Crippen molar-refractivity contribution in [1.82, 2.24) is 4.90 Å². The number of carbonyl (C=O) groups excluding carboxylic acids is 1. The van der Waals surface area contributed by atoms with Crippen LogP contribution in [0.15, 0.2) is 66.7 Å². The van der Waals surface area contributed by atoms with Gasteiger partial charge >= 0.3 is 0 Å². The molecule has 3 aromatic rings. The maximum atomic E-state index is 13.7. The number of piperidine rings is 1. The van der Waals surface area contributed by atoms with E-state index in [0.717, 1.165) is 66.5 Å². The molecule has 1 aliphatic rings. The first-order valence-corrected chi connectivity index (χ1v) is 12.0. The van der Waals surface area contributed by atoms with E-state index in [1.807, 2.05) is 78.6 Å². The van der Waals surface area contributed by atoms with Crippen LogP contribution in [-0.4, -0.2) is 51.3 Å². The van der Waals surface area contributed by atoms with Crippen molar-refractivity contribution in [2.75, 3.05) is 39.3 Å². The number of nitrogens with zero attached hydrogens (tertiary/aromatic N) is 2. The highest BCUT2D eigenvalue weighted by atomic mass is 16.5. The van der Waals surface area contributed by atoms with Crippen molar-refractivity contribution in [2.45, 2.75) is 32.4 Å². The third-order valence-corrected chi connectivity index (χ3v) is 6.65. The fourth-order valence-electron chi connectivity index (χ4n) is 4.67. The molecule has 0 spiro atoms. The van der Waals surface area contributed by atoms with Crippen molar-refractivity contribution >= 4 is 11.6 Å². The highest BCUT2D eigenvalue weighted by molar-refractivity contribution is 6.06. The quantitative estimate of drug-likeness (QED) is 0.442. The Labute approximate surface area is 208 Å². The average molecular weight is 475 g/mol. The number of ether oxygens (including phenoxy) is 3. The largest absolute Gasteiger partial charge is 0.497 e. The predicted octanol–water partition coefficient (Wildman–Crippen LogP) is 5.33. The fraction of sp³-hybridized carbons (Fsp3) is 0.345. The van der Waals surface area contributed by atoms with Gasteiger partial charge in [-0.25, -0.2) is 0 Å². The number of amides is 1. The lowest BCUT2D eigenvalue weighted by Gasteiger charge is -2.39. The number of hydrogen-bond acceptors (Lipinski definition) is 5. The number of hydrogen-bond donors (Lipinski definition) is 0. The molecule has 0 atom stereocenters. The Morgan fingerprint density at radius 3 is 2.23 bits per heavy atom. The van der Waals surface area contributed by atoms with E-state index in [0.29, 0.717) is 5.56 Å². The molecule has 1 fully saturated rings. The average Bonchev–Trinajstić information content (AvgIpc) is 2.90. The maximum absolute atomic E-state index is 13.7. The lowest BCUT2D eigenvalue weighted by atomic mass is 9.99. The van der Waals surface area contributed by atoms with Crippen LogP contribution in [0.5, 0.6) is 17.2 Å². The van der Waals surface area contributed by atoms with Crippen LogP contribution in [0, 0.1) is 6.92 Å². The zero-order valence-electron chi connectivity index (χ0n) is 21.0. The summed E-state index contributed by atoms with van der Waals surface area (Å²) in [6, 6.07) is 21.6. The van der Waals surface area contributed by atoms with Gasteiger partial charge in [0.1, 0.15) is 17.2 Å². The summed E-state index contributed by atoms with van der Waals surface area (Å²) in [5.74, 6) is 2.45. The molecule has 1 amide bonds. The van der Waals surface area contributed by atoms with Gasteiger partial charge in [0.25, 0.3) is 5.91 Å². The van der Waals surface area contributed by atoms with Crippen LogP contribution < -0.4 is 19.1 Å². The van der Waals surface area contributed by atoms with Crippen LogP contribution in [0.1, 0.15) is 34.3 Å². The molecule has 0 aliphatic carbocycles. The monoisotopic (exact) mass is 474 g/mol. The summed E-state index contributed by atoms with van der Waals surface area (Å²) >= 11 is 0. The SMILES string of the molecule is COc1cccc(N(C(=O)c2ccc(C)cc2)C2CCN(Cc3cc(OC)ccc3OC)CC2)c1. The Morgan fingerprint density at radius 2 is 1.57 bits per heavy atom. The van der Waals surface area contributed by atoms with E-state index in [2.05, 4.69) is 4.90 Å². The van der Waals surface area contributed by atoms with Crippen molar-refractivity contribution in [3.63, 3.8) is 0 Å². The van der Waals surface area contributed by atoms with Gasteiger partial charge in [0.05, 0.1) is 21.3 Å². The Balaban J connectivity index is 1.53. The molecule has 0 saturated carbocycles. The maximum Gasteiger partial charge on any atom is 0.258 e. The Kier molecular flexibility index (Phi) is 7.93. The van der Waals surface area contributed by atoms with Gasteiger partial charge in [0.2, 0.25) is 0 Å². The molecule has 1 aliphatic heterocycles. The standard InChI is InChI=1S/C29H34N2O4/c1-21-8-10-22(11-9-21)29(32)31(25-6-5-7-26(19-25)33-2)24-14-16-30(17-15-24)20-23-18-27(34-3)12-13-28(23)35-4/h5-13,18-19,24H,14-17,20H2,1-4H3. The van der Waals surface area contributed by atoms with Crippen molar-refractivity contribution < 1.29 is 19.0 Å². The van der Waals surface area contributed by atoms with Crippen LogP contribution >= 0.6 is 0 Å². The normalized spacial score (nSPS) is 14.4. The van der Waals surface area contributed by atoms with E-state index >= 15 is 0 Å². The van der Waals surface area contributed by atoms with E-state index in [4.69, 9.17) is 14.2 Å². The second-order valence-corrected chi connectivity index (χ2v) is 8.93. The third-order valence-electron chi connectivity index (χ3n) is 6.65. The van der Waals surface area contributed by atoms with Gasteiger partial charge in [0.15, 0.2) is 0 Å². The molecule has 0 unspecified atom stereocenters. The summed E-state index contributed by atoms with van der Waals surface area (Å²) in [7, 11) is 5.02. The van der Waals surface area contributed by atoms with Gasteiger partial charge in [-0.3, -0.25) is 9.69 Å². The lowest BCUT2D eigenvalue weighted by molar-refractivity contribution is 0.0958. The van der Waals surface area contributed by atoms with Crippen molar-refractivity contribution in [2.24, 2.45) is 0 Å². The van der Waals surface area contributed by atoms with Gasteiger partial charge in [-0.15, -0.1) is 0 Å². The Bertz CT molecular complexity index is 1140. The van der Waals surface area contributed by atoms with Crippen molar-refractivity contribution in [3.05, 3.63) is 83.4 Å². The molecule has 184 valence electrons. The summed E-state index contributed by atoms with van der Waals surface area (Å²) in [6.07, 6.45) is 1.75. The minimum Gasteiger partial charge on any atom is -0.497 e. The topological polar surface area (TPSA) is 51.2 Å². The molecule has 1 heterocycles. The molecule has 6 heteroatoms. The summed E-state index contributed by atoms with van der Waals surface area (Å²) in [5.41, 5.74) is 3.80. The number of anilines is 1. The van der Waals surface area contributed by atoms with E-state index < -0.39 is 0 Å². The highest BCUT2D eigenvalue weighted by Gasteiger charge is 2.30. The lowest BCUT2D eigenvalue weighted by Crippen LogP contribution is -2.47. The second-order valence-electron chi connectivity index (χ2n) is 8.93. The van der Waals surface area contributed by atoms with Gasteiger partial charge in [-0.1, -0.05) is 23.8 Å². The first kappa shape index (κ1) is 24.6. The van der Waals surface area contributed by atoms with Crippen LogP contribution in [-0.2, 0) is 6.54 Å². The van der Waals surface area contributed by atoms with Crippen LogP contribution in [0.2, 0.25) is 0 Å². The van der Waals surface area contributed by atoms with Gasteiger partial charge in [-0.2, -0.15) is 0 Å². The highest BCUT2D eigenvalue weighted by Crippen LogP contribution is 2.31. The zero-order valence-corrected chi connectivity index (χ0v) is 21.0. The molecule has 0 bridgehead atoms. The Hall–Kier alpha value is -3.51. The second kappa shape index (κ2) is 11.3. The van der Waals surface area contributed by atoms with Crippen LogP contribution in [0.3, 0.4) is 0 Å². The van der Waals surface area contributed by atoms with Gasteiger partial charge < -0.3 is 19.1 Å². The minimum absolute atomic E-state index is 0.0196. The number of carbonyl (C=O) groups is 1. The molecule has 6 nitrogen and oxygen atoms in total. The Morgan fingerprint density at radius 1 is 0.886 bits per heavy atom. The molecule has 1 saturated heterocycles. The zero-order chi connectivity index (χ0) is 24.8. The molecule has 4 rings (SSSR count). The summed E-state index contributed by atoms with van der Waals surface area (Å²) in [6.45, 7) is 4.57. The first-order valence-electron chi connectivity index (χ1n) is 12.0. The predicted molar refractivity (Wildman–Crippen MR) is 139 cm³/mol. The first-order chi connectivity index (χ1) is 17.0. The number of rotatable bonds is 8. The fourth-order valence-corrected chi connectivity index (χ4v) is 4.67. The number of likely N-dealkylation sites (tertiary alicyclic amines) is 1. The molecule has 0 aromatic heterocycles. The molecule has 0 N–H and O–H groups in total. The number of benzene rings is 3. The van der Waals surface area contributed by atoms with Gasteiger partial charge in [0, 0.05) is 48.6 Å². The molecular formula is C29H34N2O4. The molecule has 35 heavy (non-hydrogen) atoms. The van der Waals surface area contributed by atoms with Crippen LogP contribution in [0.25, 0.3) is 0 Å². The van der Waals surface area contributed by atoms with E-state index in [-0.39, 0.29) is 11.9 Å². The summed E-state index contributed by atoms with van der Waals surface area (Å²) in [4.78, 5) is 18.1. The van der Waals surface area contributed by atoms with E-state index in [1.165, 1.54) is 0 Å².